The highest BCUT2D eigenvalue weighted by Crippen LogP contribution is 2.11. The molecule has 0 spiro atoms. The van der Waals surface area contributed by atoms with Gasteiger partial charge in [-0.05, 0) is 5.56 Å². The molecule has 1 heterocycles. The summed E-state index contributed by atoms with van der Waals surface area (Å²) in [4.78, 5) is 4.25. The Kier molecular flexibility index (Phi) is 2.49. The third-order valence-corrected chi connectivity index (χ3v) is 1.99. The molecule has 0 aliphatic rings. The summed E-state index contributed by atoms with van der Waals surface area (Å²) >= 11 is 0. The quantitative estimate of drug-likeness (QED) is 0.803. The first-order chi connectivity index (χ1) is 6.88. The van der Waals surface area contributed by atoms with Crippen molar-refractivity contribution in [3.05, 3.63) is 47.9 Å². The summed E-state index contributed by atoms with van der Waals surface area (Å²) in [6.45, 7) is 0. The molecule has 0 bridgehead atoms. The van der Waals surface area contributed by atoms with Crippen LogP contribution in [0, 0.1) is 0 Å². The second kappa shape index (κ2) is 3.96. The van der Waals surface area contributed by atoms with E-state index in [0.29, 0.717) is 6.01 Å². The van der Waals surface area contributed by atoms with E-state index < -0.39 is 0 Å². The summed E-state index contributed by atoms with van der Waals surface area (Å²) in [5, 5.41) is 2.86. The largest absolute Gasteiger partial charge is 0.432 e. The van der Waals surface area contributed by atoms with E-state index in [9.17, 15) is 0 Å². The molecule has 0 atom stereocenters. The predicted molar refractivity (Wildman–Crippen MR) is 55.3 cm³/mol. The molecule has 3 nitrogen and oxygen atoms in total. The molecule has 0 saturated heterocycles. The first-order valence-electron chi connectivity index (χ1n) is 4.54. The molecule has 0 saturated carbocycles. The van der Waals surface area contributed by atoms with Crippen LogP contribution < -0.4 is 5.32 Å². The highest BCUT2D eigenvalue weighted by Gasteiger charge is 2.02. The Labute approximate surface area is 82.8 Å². The van der Waals surface area contributed by atoms with Gasteiger partial charge in [0.25, 0.3) is 6.01 Å². The number of benzene rings is 1. The van der Waals surface area contributed by atoms with Crippen molar-refractivity contribution in [1.82, 2.24) is 4.98 Å². The molecular weight excluding hydrogens is 176 g/mol. The molecule has 2 rings (SSSR count). The average Bonchev–Trinajstić information content (AvgIpc) is 2.67. The minimum absolute atomic E-state index is 0.566. The molecule has 1 N–H and O–H groups in total. The van der Waals surface area contributed by atoms with Crippen molar-refractivity contribution in [2.45, 2.75) is 6.42 Å². The van der Waals surface area contributed by atoms with Crippen molar-refractivity contribution in [2.75, 3.05) is 12.4 Å². The number of hydrogen-bond acceptors (Lipinski definition) is 3. The Hall–Kier alpha value is -1.77. The number of rotatable bonds is 3. The minimum Gasteiger partial charge on any atom is -0.432 e. The summed E-state index contributed by atoms with van der Waals surface area (Å²) in [5.74, 6) is 0. The van der Waals surface area contributed by atoms with E-state index in [4.69, 9.17) is 4.42 Å². The Morgan fingerprint density at radius 2 is 2.07 bits per heavy atom. The summed E-state index contributed by atoms with van der Waals surface area (Å²) < 4.78 is 5.16. The van der Waals surface area contributed by atoms with E-state index in [0.717, 1.165) is 12.1 Å². The Morgan fingerprint density at radius 3 is 2.71 bits per heavy atom. The van der Waals surface area contributed by atoms with Gasteiger partial charge in [-0.2, -0.15) is 4.98 Å². The van der Waals surface area contributed by atoms with Crippen LogP contribution >= 0.6 is 0 Å². The van der Waals surface area contributed by atoms with Crippen molar-refractivity contribution < 1.29 is 4.42 Å². The fourth-order valence-electron chi connectivity index (χ4n) is 1.31. The fourth-order valence-corrected chi connectivity index (χ4v) is 1.31. The van der Waals surface area contributed by atoms with E-state index in [1.165, 1.54) is 5.56 Å². The number of nitrogens with zero attached hydrogens (tertiary/aromatic N) is 1. The van der Waals surface area contributed by atoms with Gasteiger partial charge in [-0.15, -0.1) is 0 Å². The van der Waals surface area contributed by atoms with Crippen molar-refractivity contribution in [1.29, 1.82) is 0 Å². The molecule has 0 aliphatic carbocycles. The van der Waals surface area contributed by atoms with Gasteiger partial charge in [0.2, 0.25) is 0 Å². The third kappa shape index (κ3) is 1.93. The van der Waals surface area contributed by atoms with Crippen LogP contribution in [0.3, 0.4) is 0 Å². The van der Waals surface area contributed by atoms with E-state index in [1.807, 2.05) is 18.2 Å². The van der Waals surface area contributed by atoms with Gasteiger partial charge in [0.1, 0.15) is 6.26 Å². The van der Waals surface area contributed by atoms with Crippen molar-refractivity contribution >= 4 is 6.01 Å². The van der Waals surface area contributed by atoms with E-state index >= 15 is 0 Å². The second-order valence-electron chi connectivity index (χ2n) is 3.06. The van der Waals surface area contributed by atoms with Gasteiger partial charge in [-0.1, -0.05) is 30.3 Å². The smallest absolute Gasteiger partial charge is 0.294 e. The lowest BCUT2D eigenvalue weighted by atomic mass is 10.1. The van der Waals surface area contributed by atoms with Crippen LogP contribution in [-0.4, -0.2) is 12.0 Å². The van der Waals surface area contributed by atoms with Gasteiger partial charge in [-0.3, -0.25) is 0 Å². The summed E-state index contributed by atoms with van der Waals surface area (Å²) in [7, 11) is 1.79. The topological polar surface area (TPSA) is 38.1 Å². The summed E-state index contributed by atoms with van der Waals surface area (Å²) in [6.07, 6.45) is 2.49. The van der Waals surface area contributed by atoms with Crippen molar-refractivity contribution in [3.63, 3.8) is 0 Å². The zero-order valence-corrected chi connectivity index (χ0v) is 8.03. The van der Waals surface area contributed by atoms with Gasteiger partial charge in [0, 0.05) is 13.5 Å². The standard InChI is InChI=1S/C11H12N2O/c1-12-11-13-10(8-14-11)7-9-5-3-2-4-6-9/h2-6,8H,7H2,1H3,(H,12,13). The number of oxazole rings is 1. The van der Waals surface area contributed by atoms with Gasteiger partial charge >= 0.3 is 0 Å². The number of nitrogens with one attached hydrogen (secondary N) is 1. The van der Waals surface area contributed by atoms with Crippen LogP contribution in [0.5, 0.6) is 0 Å². The summed E-state index contributed by atoms with van der Waals surface area (Å²) in [5.41, 5.74) is 2.18. The van der Waals surface area contributed by atoms with Gasteiger partial charge in [0.05, 0.1) is 5.69 Å². The molecule has 0 amide bonds. The molecule has 0 unspecified atom stereocenters. The normalized spacial score (nSPS) is 10.1. The number of hydrogen-bond donors (Lipinski definition) is 1. The molecule has 72 valence electrons. The Morgan fingerprint density at radius 1 is 1.29 bits per heavy atom. The first kappa shape index (κ1) is 8.81. The zero-order chi connectivity index (χ0) is 9.80. The van der Waals surface area contributed by atoms with Gasteiger partial charge in [-0.25, -0.2) is 0 Å². The third-order valence-electron chi connectivity index (χ3n) is 1.99. The molecule has 1 aromatic carbocycles. The maximum absolute atomic E-state index is 5.16. The van der Waals surface area contributed by atoms with Crippen LogP contribution in [0.2, 0.25) is 0 Å². The minimum atomic E-state index is 0.566. The number of anilines is 1. The lowest BCUT2D eigenvalue weighted by Crippen LogP contribution is -1.90. The molecular formula is C11H12N2O. The van der Waals surface area contributed by atoms with Crippen LogP contribution in [-0.2, 0) is 6.42 Å². The molecule has 14 heavy (non-hydrogen) atoms. The molecule has 0 radical (unpaired) electrons. The first-order valence-corrected chi connectivity index (χ1v) is 4.54. The highest BCUT2D eigenvalue weighted by atomic mass is 16.4. The average molecular weight is 188 g/mol. The zero-order valence-electron chi connectivity index (χ0n) is 8.03. The van der Waals surface area contributed by atoms with Crippen LogP contribution in [0.4, 0.5) is 6.01 Å². The lowest BCUT2D eigenvalue weighted by molar-refractivity contribution is 0.574. The SMILES string of the molecule is CNc1nc(Cc2ccccc2)co1. The molecule has 3 heteroatoms. The highest BCUT2D eigenvalue weighted by molar-refractivity contribution is 5.24. The van der Waals surface area contributed by atoms with E-state index in [2.05, 4.69) is 22.4 Å². The summed E-state index contributed by atoms with van der Waals surface area (Å²) in [6, 6.07) is 10.8. The monoisotopic (exact) mass is 188 g/mol. The fraction of sp³-hybridized carbons (Fsp3) is 0.182. The van der Waals surface area contributed by atoms with E-state index in [-0.39, 0.29) is 0 Å². The van der Waals surface area contributed by atoms with Gasteiger partial charge < -0.3 is 9.73 Å². The number of aromatic nitrogens is 1. The van der Waals surface area contributed by atoms with Crippen molar-refractivity contribution in [3.8, 4) is 0 Å². The second-order valence-corrected chi connectivity index (χ2v) is 3.06. The van der Waals surface area contributed by atoms with Crippen molar-refractivity contribution in [2.24, 2.45) is 0 Å². The van der Waals surface area contributed by atoms with Crippen LogP contribution in [0.15, 0.2) is 41.0 Å². The Balaban J connectivity index is 2.11. The molecule has 2 aromatic rings. The maximum Gasteiger partial charge on any atom is 0.294 e. The lowest BCUT2D eigenvalue weighted by Gasteiger charge is -1.95. The maximum atomic E-state index is 5.16. The molecule has 1 aromatic heterocycles. The van der Waals surface area contributed by atoms with Crippen LogP contribution in [0.25, 0.3) is 0 Å². The Bertz CT molecular complexity index is 395. The molecule has 0 aliphatic heterocycles. The van der Waals surface area contributed by atoms with Crippen LogP contribution in [0.1, 0.15) is 11.3 Å². The predicted octanol–water partition coefficient (Wildman–Crippen LogP) is 2.31. The van der Waals surface area contributed by atoms with E-state index in [1.54, 1.807) is 13.3 Å². The van der Waals surface area contributed by atoms with Gasteiger partial charge in [0.15, 0.2) is 0 Å². The molecule has 0 fully saturated rings.